The molecule has 1 unspecified atom stereocenters. The molecular weight excluding hydrogens is 591 g/mol. The minimum Gasteiger partial charge on any atom is -0.465 e. The number of hydrogen-bond donors (Lipinski definition) is 0. The monoisotopic (exact) mass is 618 g/mol. The van der Waals surface area contributed by atoms with E-state index in [1.54, 1.807) is 0 Å². The number of Topliss-reactive ketones (excluding diaryl/α,β-unsaturated/α-hetero) is 1. The zero-order chi connectivity index (χ0) is 32.2. The molecule has 4 aromatic carbocycles. The molecule has 0 heterocycles. The maximum atomic E-state index is 15.3. The van der Waals surface area contributed by atoms with Gasteiger partial charge < -0.3 is 9.47 Å². The molecule has 5 rings (SSSR count). The number of methoxy groups -OCH3 is 1. The summed E-state index contributed by atoms with van der Waals surface area (Å²) in [5, 5.41) is 24.6. The van der Waals surface area contributed by atoms with E-state index >= 15 is 4.79 Å². The smallest absolute Gasteiger partial charge is 0.339 e. The fourth-order valence-electron chi connectivity index (χ4n) is 5.84. The van der Waals surface area contributed by atoms with Gasteiger partial charge in [0.15, 0.2) is 0 Å². The molecule has 224 valence electrons. The maximum absolute atomic E-state index is 15.3. The van der Waals surface area contributed by atoms with Crippen LogP contribution >= 0.6 is 6.89 Å². The normalized spacial score (nSPS) is 16.2. The molecule has 4 aromatic rings. The number of nitro groups is 1. The molecule has 0 saturated heterocycles. The molecule has 1 atom stereocenters. The first-order valence-electron chi connectivity index (χ1n) is 13.9. The van der Waals surface area contributed by atoms with Crippen molar-refractivity contribution in [2.75, 3.05) is 13.7 Å². The van der Waals surface area contributed by atoms with Crippen molar-refractivity contribution in [3.63, 3.8) is 0 Å². The number of carbonyl (C=O) groups is 3. The van der Waals surface area contributed by atoms with Crippen LogP contribution in [-0.4, -0.2) is 41.7 Å². The number of benzene rings is 4. The van der Waals surface area contributed by atoms with Crippen LogP contribution in [0.4, 0.5) is 5.69 Å². The summed E-state index contributed by atoms with van der Waals surface area (Å²) in [6.07, 6.45) is 0. The van der Waals surface area contributed by atoms with Gasteiger partial charge in [0, 0.05) is 23.0 Å². The van der Waals surface area contributed by atoms with Gasteiger partial charge in [0.2, 0.25) is 11.2 Å². The molecule has 0 radical (unpaired) electrons. The van der Waals surface area contributed by atoms with Crippen LogP contribution in [0.25, 0.3) is 5.57 Å². The second-order valence-electron chi connectivity index (χ2n) is 9.99. The molecule has 0 N–H and O–H groups in total. The highest BCUT2D eigenvalue weighted by Crippen LogP contribution is 2.56. The molecule has 0 aliphatic heterocycles. The summed E-state index contributed by atoms with van der Waals surface area (Å²) in [6.45, 7) is -2.05. The van der Waals surface area contributed by atoms with Crippen molar-refractivity contribution in [1.82, 2.24) is 0 Å². The van der Waals surface area contributed by atoms with E-state index < -0.39 is 34.9 Å². The van der Waals surface area contributed by atoms with Crippen molar-refractivity contribution in [2.45, 2.75) is 6.92 Å². The van der Waals surface area contributed by atoms with E-state index in [1.165, 1.54) is 25.1 Å². The largest absolute Gasteiger partial charge is 0.465 e. The van der Waals surface area contributed by atoms with Gasteiger partial charge >= 0.3 is 11.9 Å². The van der Waals surface area contributed by atoms with Crippen LogP contribution in [-0.2, 0) is 23.9 Å². The molecule has 0 spiro atoms. The molecule has 1 aliphatic carbocycles. The zero-order valence-corrected chi connectivity index (χ0v) is 25.3. The third-order valence-corrected chi connectivity index (χ3v) is 12.0. The third kappa shape index (κ3) is 4.86. The summed E-state index contributed by atoms with van der Waals surface area (Å²) < 4.78 is 10.6. The second kappa shape index (κ2) is 12.6. The maximum Gasteiger partial charge on any atom is 0.339 e. The van der Waals surface area contributed by atoms with Crippen molar-refractivity contribution in [3.8, 4) is 6.07 Å². The summed E-state index contributed by atoms with van der Waals surface area (Å²) in [6, 6.07) is 34.4. The number of rotatable bonds is 8. The first-order chi connectivity index (χ1) is 21.8. The fraction of sp³-hybridized carbons (Fsp3) is 0.114. The van der Waals surface area contributed by atoms with Gasteiger partial charge in [-0.2, -0.15) is 5.26 Å². The van der Waals surface area contributed by atoms with Crippen molar-refractivity contribution in [3.05, 3.63) is 137 Å². The quantitative estimate of drug-likeness (QED) is 0.0935. The van der Waals surface area contributed by atoms with Gasteiger partial charge in [-0.1, -0.05) is 103 Å². The Balaban J connectivity index is 2.17. The number of nitro benzene ring substituents is 1. The van der Waals surface area contributed by atoms with Gasteiger partial charge in [-0.05, 0) is 35.3 Å². The van der Waals surface area contributed by atoms with Crippen LogP contribution < -0.4 is 15.9 Å². The van der Waals surface area contributed by atoms with E-state index in [2.05, 4.69) is 0 Å². The molecule has 0 bridgehead atoms. The average molecular weight is 619 g/mol. The van der Waals surface area contributed by atoms with Crippen LogP contribution in [0.1, 0.15) is 12.5 Å². The first kappa shape index (κ1) is 30.9. The number of esters is 2. The van der Waals surface area contributed by atoms with E-state index in [0.717, 1.165) is 13.2 Å². The predicted molar refractivity (Wildman–Crippen MR) is 172 cm³/mol. The van der Waals surface area contributed by atoms with E-state index in [9.17, 15) is 25.0 Å². The lowest BCUT2D eigenvalue weighted by molar-refractivity contribution is -0.384. The average Bonchev–Trinajstić information content (AvgIpc) is 3.35. The Hall–Kier alpha value is -5.58. The lowest BCUT2D eigenvalue weighted by Gasteiger charge is -2.32. The van der Waals surface area contributed by atoms with Crippen molar-refractivity contribution < 1.29 is 28.8 Å². The predicted octanol–water partition coefficient (Wildman–Crippen LogP) is 4.34. The van der Waals surface area contributed by atoms with Crippen LogP contribution in [0.3, 0.4) is 0 Å². The highest BCUT2D eigenvalue weighted by molar-refractivity contribution is 7.97. The first-order valence-corrected chi connectivity index (χ1v) is 15.7. The topological polar surface area (TPSA) is 137 Å². The minimum absolute atomic E-state index is 0.0326. The van der Waals surface area contributed by atoms with E-state index in [0.29, 0.717) is 15.9 Å². The van der Waals surface area contributed by atoms with Crippen molar-refractivity contribution in [1.29, 1.82) is 5.26 Å². The summed E-state index contributed by atoms with van der Waals surface area (Å²) >= 11 is 0. The molecule has 0 amide bonds. The Morgan fingerprint density at radius 3 is 1.80 bits per heavy atom. The summed E-state index contributed by atoms with van der Waals surface area (Å²) in [5.41, 5.74) is -3.69. The number of nitrogens with zero attached hydrogens (tertiary/aromatic N) is 2. The molecule has 1 aliphatic rings. The standard InChI is InChI=1S/C35H27N2O7P/c1-3-44-34(40)35(23-36)30(24-14-13-15-25(22-24)37(41)42)29(33(39)43-2)31(32(35)38)45(26-16-7-4-8-17-26,27-18-9-5-10-19-27)28-20-11-6-12-21-28/h4-22H,3H2,1-2H3. The number of nitriles is 1. The third-order valence-electron chi connectivity index (χ3n) is 7.67. The van der Waals surface area contributed by atoms with Crippen molar-refractivity contribution in [2.24, 2.45) is 5.41 Å². The van der Waals surface area contributed by atoms with Gasteiger partial charge in [0.05, 0.1) is 30.3 Å². The second-order valence-corrected chi connectivity index (χ2v) is 13.3. The number of ketones is 1. The Bertz CT molecular complexity index is 1840. The molecule has 0 saturated carbocycles. The van der Waals surface area contributed by atoms with Gasteiger partial charge in [0.25, 0.3) is 5.69 Å². The van der Waals surface area contributed by atoms with Gasteiger partial charge in [-0.15, -0.1) is 0 Å². The summed E-state index contributed by atoms with van der Waals surface area (Å²) in [4.78, 5) is 54.5. The molecule has 9 nitrogen and oxygen atoms in total. The van der Waals surface area contributed by atoms with Gasteiger partial charge in [-0.3, -0.25) is 14.9 Å². The lowest BCUT2D eigenvalue weighted by atomic mass is 9.78. The molecule has 10 heteroatoms. The Morgan fingerprint density at radius 2 is 1.38 bits per heavy atom. The number of carbonyl (C=O) groups excluding carboxylic acids is 3. The molecule has 0 fully saturated rings. The van der Waals surface area contributed by atoms with E-state index in [1.807, 2.05) is 97.1 Å². The lowest BCUT2D eigenvalue weighted by Crippen LogP contribution is -2.42. The number of hydrogen-bond acceptors (Lipinski definition) is 8. The number of ether oxygens (including phenoxy) is 2. The van der Waals surface area contributed by atoms with Gasteiger partial charge in [0.1, 0.15) is 0 Å². The minimum atomic E-state index is -3.41. The summed E-state index contributed by atoms with van der Waals surface area (Å²) in [5.74, 6) is -3.12. The van der Waals surface area contributed by atoms with Crippen LogP contribution in [0.5, 0.6) is 0 Å². The van der Waals surface area contributed by atoms with Gasteiger partial charge in [-0.25, -0.2) is 9.59 Å². The number of non-ortho nitro benzene ring substituents is 1. The SMILES string of the molecule is CCOC(=O)C1(C#N)C(=O)C(=P(c2ccccc2)(c2ccccc2)c2ccccc2)C(C(=O)OC)=C1c1cccc([N+](=O)[O-])c1. The Morgan fingerprint density at radius 1 is 0.867 bits per heavy atom. The van der Waals surface area contributed by atoms with E-state index in [4.69, 9.17) is 9.47 Å². The fourth-order valence-corrected chi connectivity index (χ4v) is 10.4. The van der Waals surface area contributed by atoms with Crippen molar-refractivity contribution >= 4 is 57.1 Å². The van der Waals surface area contributed by atoms with Crippen LogP contribution in [0, 0.1) is 26.9 Å². The highest BCUT2D eigenvalue weighted by atomic mass is 31.2. The molecule has 0 aromatic heterocycles. The van der Waals surface area contributed by atoms with E-state index in [-0.39, 0.29) is 34.3 Å². The van der Waals surface area contributed by atoms with Crippen LogP contribution in [0.2, 0.25) is 0 Å². The Kier molecular flexibility index (Phi) is 8.62. The summed E-state index contributed by atoms with van der Waals surface area (Å²) in [7, 11) is 1.13. The van der Waals surface area contributed by atoms with Crippen LogP contribution in [0.15, 0.2) is 121 Å². The Labute approximate surface area is 259 Å². The molecule has 45 heavy (non-hydrogen) atoms. The zero-order valence-electron chi connectivity index (χ0n) is 24.4. The molecular formula is C35H27N2O7P. The highest BCUT2D eigenvalue weighted by Gasteiger charge is 2.62.